The van der Waals surface area contributed by atoms with E-state index in [4.69, 9.17) is 4.74 Å². The summed E-state index contributed by atoms with van der Waals surface area (Å²) in [6, 6.07) is 5.61. The van der Waals surface area contributed by atoms with Crippen LogP contribution < -0.4 is 9.64 Å². The van der Waals surface area contributed by atoms with Crippen molar-refractivity contribution in [3.8, 4) is 5.75 Å². The molecule has 29 heavy (non-hydrogen) atoms. The standard InChI is InChI=1S/C23H28N2O4/c1-14-12-23(2,3)25(19-10-9-15(29-4)11-18(14)19)20(26)13-24-21(27)16-7-5-6-8-17(16)22(24)28/h9-12,16-17H,5-8,13H2,1-4H3/t16-,17-/m1/s1. The number of hydrogen-bond donors (Lipinski definition) is 0. The minimum atomic E-state index is -0.568. The van der Waals surface area contributed by atoms with Crippen LogP contribution in [0.1, 0.15) is 52.0 Å². The average Bonchev–Trinajstić information content (AvgIpc) is 2.92. The first-order valence-corrected chi connectivity index (χ1v) is 10.3. The summed E-state index contributed by atoms with van der Waals surface area (Å²) in [6.45, 7) is 5.75. The first-order chi connectivity index (χ1) is 13.7. The van der Waals surface area contributed by atoms with Crippen molar-refractivity contribution in [3.05, 3.63) is 29.8 Å². The summed E-state index contributed by atoms with van der Waals surface area (Å²) in [6.07, 6.45) is 5.49. The molecule has 4 rings (SSSR count). The number of anilines is 1. The fourth-order valence-electron chi connectivity index (χ4n) is 5.18. The number of nitrogens with zero attached hydrogens (tertiary/aromatic N) is 2. The molecule has 0 spiro atoms. The predicted octanol–water partition coefficient (Wildman–Crippen LogP) is 3.40. The van der Waals surface area contributed by atoms with E-state index in [-0.39, 0.29) is 36.1 Å². The Morgan fingerprint density at radius 3 is 2.34 bits per heavy atom. The number of likely N-dealkylation sites (tertiary alicyclic amines) is 1. The summed E-state index contributed by atoms with van der Waals surface area (Å²) >= 11 is 0. The minimum absolute atomic E-state index is 0.176. The van der Waals surface area contributed by atoms with Crippen molar-refractivity contribution >= 4 is 29.0 Å². The van der Waals surface area contributed by atoms with Gasteiger partial charge in [0.1, 0.15) is 12.3 Å². The van der Waals surface area contributed by atoms with Gasteiger partial charge in [-0.15, -0.1) is 0 Å². The number of rotatable bonds is 3. The smallest absolute Gasteiger partial charge is 0.247 e. The lowest BCUT2D eigenvalue weighted by atomic mass is 9.81. The van der Waals surface area contributed by atoms with Gasteiger partial charge in [-0.1, -0.05) is 18.9 Å². The Bertz CT molecular complexity index is 893. The van der Waals surface area contributed by atoms with Crippen LogP contribution in [0.5, 0.6) is 5.75 Å². The van der Waals surface area contributed by atoms with E-state index in [9.17, 15) is 14.4 Å². The number of hydrogen-bond acceptors (Lipinski definition) is 4. The number of amides is 3. The van der Waals surface area contributed by atoms with Crippen LogP contribution in [0, 0.1) is 11.8 Å². The molecule has 0 N–H and O–H groups in total. The van der Waals surface area contributed by atoms with Crippen molar-refractivity contribution < 1.29 is 19.1 Å². The Morgan fingerprint density at radius 2 is 1.76 bits per heavy atom. The van der Waals surface area contributed by atoms with E-state index in [2.05, 4.69) is 0 Å². The van der Waals surface area contributed by atoms with Crippen molar-refractivity contribution in [2.75, 3.05) is 18.6 Å². The number of imide groups is 1. The molecule has 6 heteroatoms. The van der Waals surface area contributed by atoms with Crippen LogP contribution in [-0.4, -0.2) is 41.8 Å². The van der Waals surface area contributed by atoms with Gasteiger partial charge in [-0.05, 0) is 57.4 Å². The normalized spacial score (nSPS) is 25.4. The number of benzene rings is 1. The molecule has 2 fully saturated rings. The Kier molecular flexibility index (Phi) is 4.75. The van der Waals surface area contributed by atoms with Crippen LogP contribution in [0.25, 0.3) is 5.57 Å². The van der Waals surface area contributed by atoms with Gasteiger partial charge in [0.2, 0.25) is 17.7 Å². The van der Waals surface area contributed by atoms with Gasteiger partial charge in [-0.3, -0.25) is 19.3 Å². The molecule has 1 aliphatic carbocycles. The molecule has 1 saturated carbocycles. The van der Waals surface area contributed by atoms with Crippen LogP contribution in [-0.2, 0) is 14.4 Å². The molecule has 6 nitrogen and oxygen atoms in total. The first-order valence-electron chi connectivity index (χ1n) is 10.3. The van der Waals surface area contributed by atoms with Crippen molar-refractivity contribution in [2.45, 2.75) is 52.0 Å². The second-order valence-electron chi connectivity index (χ2n) is 8.85. The molecular formula is C23H28N2O4. The van der Waals surface area contributed by atoms with E-state index >= 15 is 0 Å². The lowest BCUT2D eigenvalue weighted by Gasteiger charge is -2.42. The molecule has 0 bridgehead atoms. The summed E-state index contributed by atoms with van der Waals surface area (Å²) in [5.74, 6) is -0.355. The molecule has 2 atom stereocenters. The van der Waals surface area contributed by atoms with Gasteiger partial charge in [-0.2, -0.15) is 0 Å². The zero-order chi connectivity index (χ0) is 20.9. The third kappa shape index (κ3) is 3.15. The van der Waals surface area contributed by atoms with Gasteiger partial charge < -0.3 is 9.64 Å². The van der Waals surface area contributed by atoms with Crippen LogP contribution in [0.3, 0.4) is 0 Å². The van der Waals surface area contributed by atoms with Gasteiger partial charge in [0.05, 0.1) is 30.2 Å². The summed E-state index contributed by atoms with van der Waals surface area (Å²) in [5.41, 5.74) is 2.19. The number of methoxy groups -OCH3 is 1. The van der Waals surface area contributed by atoms with Crippen LogP contribution >= 0.6 is 0 Å². The SMILES string of the molecule is COc1ccc2c(c1)C(C)=CC(C)(C)N2C(=O)CN1C(=O)[C@@H]2CCCC[C@H]2C1=O. The van der Waals surface area contributed by atoms with Crippen molar-refractivity contribution in [1.29, 1.82) is 0 Å². The third-order valence-electron chi connectivity index (χ3n) is 6.49. The quantitative estimate of drug-likeness (QED) is 0.735. The number of ether oxygens (including phenoxy) is 1. The maximum absolute atomic E-state index is 13.4. The zero-order valence-electron chi connectivity index (χ0n) is 17.5. The molecule has 2 aliphatic heterocycles. The summed E-state index contributed by atoms with van der Waals surface area (Å²) in [4.78, 5) is 42.0. The van der Waals surface area contributed by atoms with E-state index in [1.807, 2.05) is 45.0 Å². The Hall–Kier alpha value is -2.63. The molecule has 154 valence electrons. The molecule has 1 aromatic carbocycles. The lowest BCUT2D eigenvalue weighted by Crippen LogP contribution is -2.53. The van der Waals surface area contributed by atoms with Gasteiger partial charge in [0.25, 0.3) is 0 Å². The molecule has 1 saturated heterocycles. The van der Waals surface area contributed by atoms with E-state index in [1.165, 1.54) is 4.90 Å². The lowest BCUT2D eigenvalue weighted by molar-refractivity contribution is -0.143. The maximum Gasteiger partial charge on any atom is 0.247 e. The molecule has 0 unspecified atom stereocenters. The summed E-state index contributed by atoms with van der Waals surface area (Å²) in [5, 5.41) is 0. The number of allylic oxidation sites excluding steroid dienone is 1. The van der Waals surface area contributed by atoms with Crippen LogP contribution in [0.2, 0.25) is 0 Å². The maximum atomic E-state index is 13.4. The van der Waals surface area contributed by atoms with E-state index in [0.29, 0.717) is 0 Å². The van der Waals surface area contributed by atoms with Gasteiger partial charge in [-0.25, -0.2) is 0 Å². The topological polar surface area (TPSA) is 66.9 Å². The summed E-state index contributed by atoms with van der Waals surface area (Å²) in [7, 11) is 1.61. The molecule has 2 heterocycles. The number of carbonyl (C=O) groups excluding carboxylic acids is 3. The second kappa shape index (κ2) is 7.01. The van der Waals surface area contributed by atoms with E-state index in [1.54, 1.807) is 12.0 Å². The molecule has 1 aromatic rings. The highest BCUT2D eigenvalue weighted by molar-refractivity contribution is 6.10. The van der Waals surface area contributed by atoms with Crippen molar-refractivity contribution in [2.24, 2.45) is 11.8 Å². The van der Waals surface area contributed by atoms with Crippen molar-refractivity contribution in [1.82, 2.24) is 4.90 Å². The molecule has 0 aromatic heterocycles. The Morgan fingerprint density at radius 1 is 1.14 bits per heavy atom. The molecule has 3 aliphatic rings. The van der Waals surface area contributed by atoms with E-state index in [0.717, 1.165) is 48.3 Å². The van der Waals surface area contributed by atoms with Gasteiger partial charge >= 0.3 is 0 Å². The Labute approximate surface area is 171 Å². The first kappa shape index (κ1) is 19.7. The summed E-state index contributed by atoms with van der Waals surface area (Å²) < 4.78 is 5.34. The van der Waals surface area contributed by atoms with Gasteiger partial charge in [0, 0.05) is 5.56 Å². The fraction of sp³-hybridized carbons (Fsp3) is 0.522. The largest absolute Gasteiger partial charge is 0.497 e. The Balaban J connectivity index is 1.65. The fourth-order valence-corrected chi connectivity index (χ4v) is 5.18. The zero-order valence-corrected chi connectivity index (χ0v) is 17.5. The number of fused-ring (bicyclic) bond motifs is 2. The third-order valence-corrected chi connectivity index (χ3v) is 6.49. The van der Waals surface area contributed by atoms with Crippen LogP contribution in [0.15, 0.2) is 24.3 Å². The highest BCUT2D eigenvalue weighted by Gasteiger charge is 2.49. The van der Waals surface area contributed by atoms with Gasteiger partial charge in [0.15, 0.2) is 0 Å². The molecular weight excluding hydrogens is 368 g/mol. The molecule has 3 amide bonds. The predicted molar refractivity (Wildman–Crippen MR) is 110 cm³/mol. The monoisotopic (exact) mass is 396 g/mol. The second-order valence-corrected chi connectivity index (χ2v) is 8.85. The highest BCUT2D eigenvalue weighted by Crippen LogP contribution is 2.42. The average molecular weight is 396 g/mol. The van der Waals surface area contributed by atoms with Crippen molar-refractivity contribution in [3.63, 3.8) is 0 Å². The minimum Gasteiger partial charge on any atom is -0.497 e. The van der Waals surface area contributed by atoms with Crippen LogP contribution in [0.4, 0.5) is 5.69 Å². The molecule has 0 radical (unpaired) electrons. The highest BCUT2D eigenvalue weighted by atomic mass is 16.5. The number of carbonyl (C=O) groups is 3. The van der Waals surface area contributed by atoms with E-state index < -0.39 is 5.54 Å².